The molecule has 0 amide bonds. The third-order valence-electron chi connectivity index (χ3n) is 5.82. The zero-order valence-corrected chi connectivity index (χ0v) is 18.3. The average molecular weight is 454 g/mol. The first-order valence-corrected chi connectivity index (χ1v) is 10.8. The molecule has 1 N–H and O–H groups in total. The normalized spacial score (nSPS) is 16.3. The topological polar surface area (TPSA) is 85.4 Å². The number of hydrogen-bond acceptors (Lipinski definition) is 7. The molecule has 33 heavy (non-hydrogen) atoms. The highest BCUT2D eigenvalue weighted by molar-refractivity contribution is 5.72. The van der Waals surface area contributed by atoms with Gasteiger partial charge in [-0.1, -0.05) is 6.92 Å². The summed E-state index contributed by atoms with van der Waals surface area (Å²) in [5, 5.41) is 11.4. The highest BCUT2D eigenvalue weighted by Gasteiger charge is 2.28. The number of nitrogens with one attached hydrogen (secondary N) is 1. The number of hydrogen-bond donors (Lipinski definition) is 1. The number of aromatic nitrogens is 6. The highest BCUT2D eigenvalue weighted by Crippen LogP contribution is 2.34. The van der Waals surface area contributed by atoms with E-state index in [-0.39, 0.29) is 5.69 Å². The molecule has 11 heteroatoms. The molecule has 0 aliphatic carbocycles. The molecule has 4 aromatic rings. The molecule has 4 aromatic heterocycles. The van der Waals surface area contributed by atoms with Crippen molar-refractivity contribution < 1.29 is 13.5 Å². The fourth-order valence-corrected chi connectivity index (χ4v) is 3.95. The standard InChI is InChI=1S/C22H24F2N8O/c1-3-30-6-5-16(30)13-33-18-11-27-32(22(23)24)21(18)15-4-7-31-17(8-15)9-19(29-31)28-20-12-25-14(2)10-26-20/h4,7-12,16,22H,3,5-6,13H2,1-2H3,(H,26,28,29)/t16-/m1/s1. The third-order valence-corrected chi connectivity index (χ3v) is 5.82. The number of rotatable bonds is 8. The molecule has 172 valence electrons. The minimum atomic E-state index is -2.79. The smallest absolute Gasteiger partial charge is 0.333 e. The van der Waals surface area contributed by atoms with Crippen LogP contribution in [0.4, 0.5) is 20.4 Å². The number of halogens is 2. The fourth-order valence-electron chi connectivity index (χ4n) is 3.95. The van der Waals surface area contributed by atoms with Crippen molar-refractivity contribution in [1.82, 2.24) is 34.3 Å². The summed E-state index contributed by atoms with van der Waals surface area (Å²) in [4.78, 5) is 10.8. The summed E-state index contributed by atoms with van der Waals surface area (Å²) in [6.45, 7) is 3.59. The van der Waals surface area contributed by atoms with Crippen LogP contribution in [0.1, 0.15) is 25.6 Å². The highest BCUT2D eigenvalue weighted by atomic mass is 19.3. The van der Waals surface area contributed by atoms with Gasteiger partial charge in [0.2, 0.25) is 0 Å². The summed E-state index contributed by atoms with van der Waals surface area (Å²) in [5.74, 6) is 1.47. The molecule has 1 aliphatic rings. The van der Waals surface area contributed by atoms with Gasteiger partial charge < -0.3 is 10.1 Å². The van der Waals surface area contributed by atoms with E-state index < -0.39 is 6.55 Å². The average Bonchev–Trinajstić information content (AvgIpc) is 3.38. The number of alkyl halides is 2. The quantitative estimate of drug-likeness (QED) is 0.432. The van der Waals surface area contributed by atoms with Crippen molar-refractivity contribution in [3.8, 4) is 17.0 Å². The summed E-state index contributed by atoms with van der Waals surface area (Å²) < 4.78 is 35.7. The second-order valence-electron chi connectivity index (χ2n) is 7.94. The van der Waals surface area contributed by atoms with Crippen molar-refractivity contribution in [2.75, 3.05) is 25.0 Å². The first kappa shape index (κ1) is 21.3. The fraction of sp³-hybridized carbons (Fsp3) is 0.364. The lowest BCUT2D eigenvalue weighted by Gasteiger charge is -2.39. The van der Waals surface area contributed by atoms with Crippen LogP contribution in [-0.2, 0) is 0 Å². The lowest BCUT2D eigenvalue weighted by molar-refractivity contribution is 0.0535. The van der Waals surface area contributed by atoms with Crippen molar-refractivity contribution in [2.24, 2.45) is 0 Å². The van der Waals surface area contributed by atoms with Gasteiger partial charge in [0.05, 0.1) is 29.8 Å². The van der Waals surface area contributed by atoms with E-state index in [9.17, 15) is 8.78 Å². The molecule has 5 rings (SSSR count). The minimum Gasteiger partial charge on any atom is -0.488 e. The van der Waals surface area contributed by atoms with Crippen LogP contribution in [0.5, 0.6) is 5.75 Å². The van der Waals surface area contributed by atoms with Crippen molar-refractivity contribution in [1.29, 1.82) is 0 Å². The molecule has 0 spiro atoms. The molecule has 0 aromatic carbocycles. The van der Waals surface area contributed by atoms with Gasteiger partial charge in [-0.3, -0.25) is 9.88 Å². The van der Waals surface area contributed by atoms with Gasteiger partial charge in [0.15, 0.2) is 11.6 Å². The number of anilines is 2. The predicted molar refractivity (Wildman–Crippen MR) is 119 cm³/mol. The Hall–Kier alpha value is -3.60. The van der Waals surface area contributed by atoms with E-state index in [4.69, 9.17) is 4.74 Å². The second-order valence-corrected chi connectivity index (χ2v) is 7.94. The monoisotopic (exact) mass is 454 g/mol. The lowest BCUT2D eigenvalue weighted by Crippen LogP contribution is -2.50. The predicted octanol–water partition coefficient (Wildman–Crippen LogP) is 3.91. The van der Waals surface area contributed by atoms with Gasteiger partial charge in [0.25, 0.3) is 0 Å². The van der Waals surface area contributed by atoms with Crippen LogP contribution >= 0.6 is 0 Å². The third kappa shape index (κ3) is 4.23. The maximum absolute atomic E-state index is 13.7. The molecule has 1 aliphatic heterocycles. The van der Waals surface area contributed by atoms with Crippen LogP contribution in [0.25, 0.3) is 16.8 Å². The van der Waals surface area contributed by atoms with Crippen molar-refractivity contribution in [2.45, 2.75) is 32.9 Å². The zero-order chi connectivity index (χ0) is 22.9. The Morgan fingerprint density at radius 1 is 1.18 bits per heavy atom. The molecular weight excluding hydrogens is 430 g/mol. The lowest BCUT2D eigenvalue weighted by atomic mass is 10.0. The van der Waals surface area contributed by atoms with Crippen LogP contribution in [-0.4, -0.2) is 60.0 Å². The molecule has 5 heterocycles. The van der Waals surface area contributed by atoms with Crippen LogP contribution in [0.2, 0.25) is 0 Å². The van der Waals surface area contributed by atoms with Gasteiger partial charge in [0, 0.05) is 30.4 Å². The summed E-state index contributed by atoms with van der Waals surface area (Å²) >= 11 is 0. The number of likely N-dealkylation sites (tertiary alicyclic amines) is 1. The number of ether oxygens (including phenoxy) is 1. The summed E-state index contributed by atoms with van der Waals surface area (Å²) in [7, 11) is 0. The molecule has 0 unspecified atom stereocenters. The van der Waals surface area contributed by atoms with Crippen molar-refractivity contribution >= 4 is 17.2 Å². The molecule has 0 saturated carbocycles. The van der Waals surface area contributed by atoms with Gasteiger partial charge >= 0.3 is 6.55 Å². The number of nitrogens with zero attached hydrogens (tertiary/aromatic N) is 7. The van der Waals surface area contributed by atoms with E-state index in [0.717, 1.165) is 30.7 Å². The first-order chi connectivity index (χ1) is 16.0. The number of aryl methyl sites for hydroxylation is 1. The molecular formula is C22H24F2N8O. The zero-order valence-electron chi connectivity index (χ0n) is 18.3. The van der Waals surface area contributed by atoms with Gasteiger partial charge in [-0.15, -0.1) is 0 Å². The Bertz CT molecular complexity index is 1250. The Labute approximate surface area is 189 Å². The second kappa shape index (κ2) is 8.74. The Morgan fingerprint density at radius 2 is 2.06 bits per heavy atom. The molecule has 0 bridgehead atoms. The van der Waals surface area contributed by atoms with E-state index in [1.165, 1.54) is 6.20 Å². The maximum atomic E-state index is 13.7. The molecule has 0 radical (unpaired) electrons. The first-order valence-electron chi connectivity index (χ1n) is 10.8. The Morgan fingerprint density at radius 3 is 2.76 bits per heavy atom. The van der Waals surface area contributed by atoms with Gasteiger partial charge in [0.1, 0.15) is 18.1 Å². The number of likely N-dealkylation sites (N-methyl/N-ethyl adjacent to an activating group) is 1. The number of fused-ring (bicyclic) bond motifs is 1. The number of pyridine rings is 1. The molecule has 1 fully saturated rings. The summed E-state index contributed by atoms with van der Waals surface area (Å²) in [5.41, 5.74) is 2.35. The van der Waals surface area contributed by atoms with Crippen LogP contribution in [0.3, 0.4) is 0 Å². The van der Waals surface area contributed by atoms with Gasteiger partial charge in [-0.25, -0.2) is 9.50 Å². The van der Waals surface area contributed by atoms with Crippen LogP contribution in [0, 0.1) is 6.92 Å². The van der Waals surface area contributed by atoms with E-state index in [0.29, 0.717) is 40.3 Å². The van der Waals surface area contributed by atoms with E-state index in [2.05, 4.69) is 37.3 Å². The summed E-state index contributed by atoms with van der Waals surface area (Å²) in [6.07, 6.45) is 7.40. The molecule has 1 saturated heterocycles. The Balaban J connectivity index is 1.42. The minimum absolute atomic E-state index is 0.245. The van der Waals surface area contributed by atoms with Gasteiger partial charge in [-0.2, -0.15) is 23.7 Å². The van der Waals surface area contributed by atoms with E-state index in [1.54, 1.807) is 35.2 Å². The van der Waals surface area contributed by atoms with Crippen LogP contribution in [0.15, 0.2) is 43.0 Å². The maximum Gasteiger partial charge on any atom is 0.333 e. The van der Waals surface area contributed by atoms with Crippen molar-refractivity contribution in [3.05, 3.63) is 48.7 Å². The largest absolute Gasteiger partial charge is 0.488 e. The summed E-state index contributed by atoms with van der Waals surface area (Å²) in [6, 6.07) is 5.61. The molecule has 9 nitrogen and oxygen atoms in total. The Kier molecular flexibility index (Phi) is 5.63. The SMILES string of the molecule is CCN1CC[C@@H]1COc1cnn(C(F)F)c1-c1ccn2nc(Nc3cnc(C)cn3)cc2c1. The molecule has 1 atom stereocenters. The van der Waals surface area contributed by atoms with E-state index >= 15 is 0 Å². The van der Waals surface area contributed by atoms with Crippen molar-refractivity contribution in [3.63, 3.8) is 0 Å². The van der Waals surface area contributed by atoms with Gasteiger partial charge in [-0.05, 0) is 32.0 Å². The van der Waals surface area contributed by atoms with E-state index in [1.807, 2.05) is 13.0 Å². The van der Waals surface area contributed by atoms with Crippen LogP contribution < -0.4 is 10.1 Å².